The van der Waals surface area contributed by atoms with Crippen LogP contribution < -0.4 is 10.1 Å². The van der Waals surface area contributed by atoms with Crippen LogP contribution in [0.3, 0.4) is 0 Å². The number of hydrogen-bond donors (Lipinski definition) is 1. The molecule has 4 heteroatoms. The lowest BCUT2D eigenvalue weighted by Gasteiger charge is -2.11. The van der Waals surface area contributed by atoms with E-state index in [4.69, 9.17) is 4.74 Å². The Labute approximate surface area is 158 Å². The van der Waals surface area contributed by atoms with E-state index in [1.165, 1.54) is 12.1 Å². The van der Waals surface area contributed by atoms with Crippen LogP contribution >= 0.6 is 0 Å². The Bertz CT molecular complexity index is 934. The minimum Gasteiger partial charge on any atom is -0.496 e. The highest BCUT2D eigenvalue weighted by Crippen LogP contribution is 2.25. The molecule has 0 unspecified atom stereocenters. The third kappa shape index (κ3) is 4.82. The molecule has 0 spiro atoms. The summed E-state index contributed by atoms with van der Waals surface area (Å²) < 4.78 is 18.4. The van der Waals surface area contributed by atoms with Crippen LogP contribution in [0.4, 0.5) is 4.39 Å². The first-order valence-electron chi connectivity index (χ1n) is 8.60. The maximum absolute atomic E-state index is 13.0. The van der Waals surface area contributed by atoms with Crippen molar-refractivity contribution < 1.29 is 13.9 Å². The first kappa shape index (κ1) is 18.4. The second kappa shape index (κ2) is 8.81. The van der Waals surface area contributed by atoms with Crippen LogP contribution in [0.5, 0.6) is 5.75 Å². The minimum absolute atomic E-state index is 0.212. The average Bonchev–Trinajstić information content (AvgIpc) is 2.72. The van der Waals surface area contributed by atoms with Crippen LogP contribution in [0.15, 0.2) is 78.9 Å². The van der Waals surface area contributed by atoms with E-state index in [1.54, 1.807) is 19.2 Å². The number of carbonyl (C=O) groups excluding carboxylic acids is 1. The van der Waals surface area contributed by atoms with Gasteiger partial charge in [-0.1, -0.05) is 60.7 Å². The molecular formula is C23H20FNO2. The Balaban J connectivity index is 1.89. The molecule has 1 N–H and O–H groups in total. The highest BCUT2D eigenvalue weighted by atomic mass is 19.1. The smallest absolute Gasteiger partial charge is 0.252 e. The molecule has 0 radical (unpaired) electrons. The summed E-state index contributed by atoms with van der Waals surface area (Å²) in [5, 5.41) is 2.90. The Morgan fingerprint density at radius 1 is 0.963 bits per heavy atom. The molecule has 3 nitrogen and oxygen atoms in total. The standard InChI is InChI=1S/C23H20FNO2/c1-27-22-10-6-5-9-19(22)15-21(18-7-3-2-4-8-18)23(26)25-16-17-11-13-20(24)14-12-17/h2-15H,16H2,1H3,(H,25,26). The third-order valence-corrected chi connectivity index (χ3v) is 4.13. The van der Waals surface area contributed by atoms with Gasteiger partial charge in [-0.15, -0.1) is 0 Å². The van der Waals surface area contributed by atoms with Crippen molar-refractivity contribution in [1.82, 2.24) is 5.32 Å². The number of halogens is 1. The fourth-order valence-corrected chi connectivity index (χ4v) is 2.72. The van der Waals surface area contributed by atoms with Gasteiger partial charge < -0.3 is 10.1 Å². The van der Waals surface area contributed by atoms with E-state index in [1.807, 2.05) is 60.7 Å². The van der Waals surface area contributed by atoms with E-state index in [9.17, 15) is 9.18 Å². The maximum atomic E-state index is 13.0. The molecule has 27 heavy (non-hydrogen) atoms. The summed E-state index contributed by atoms with van der Waals surface area (Å²) >= 11 is 0. The molecule has 3 aromatic carbocycles. The fraction of sp³-hybridized carbons (Fsp3) is 0.0870. The molecule has 0 heterocycles. The van der Waals surface area contributed by atoms with Gasteiger partial charge in [0.15, 0.2) is 0 Å². The fourth-order valence-electron chi connectivity index (χ4n) is 2.72. The summed E-state index contributed by atoms with van der Waals surface area (Å²) in [4.78, 5) is 12.9. The Hall–Kier alpha value is -3.40. The molecule has 0 bridgehead atoms. The van der Waals surface area contributed by atoms with Crippen LogP contribution in [0, 0.1) is 5.82 Å². The summed E-state index contributed by atoms with van der Waals surface area (Å²) in [6, 6.07) is 23.0. The third-order valence-electron chi connectivity index (χ3n) is 4.13. The van der Waals surface area contributed by atoms with Crippen molar-refractivity contribution in [2.75, 3.05) is 7.11 Å². The molecule has 0 aromatic heterocycles. The zero-order valence-corrected chi connectivity index (χ0v) is 15.0. The van der Waals surface area contributed by atoms with Gasteiger partial charge in [-0.25, -0.2) is 4.39 Å². The van der Waals surface area contributed by atoms with Crippen molar-refractivity contribution in [2.45, 2.75) is 6.54 Å². The molecule has 136 valence electrons. The molecule has 0 saturated heterocycles. The molecule has 0 aliphatic carbocycles. The van der Waals surface area contributed by atoms with Crippen molar-refractivity contribution in [3.63, 3.8) is 0 Å². The molecule has 0 saturated carbocycles. The van der Waals surface area contributed by atoms with E-state index in [-0.39, 0.29) is 11.7 Å². The Kier molecular flexibility index (Phi) is 6.00. The molecule has 0 atom stereocenters. The zero-order chi connectivity index (χ0) is 19.1. The number of rotatable bonds is 6. The van der Waals surface area contributed by atoms with Gasteiger partial charge >= 0.3 is 0 Å². The highest BCUT2D eigenvalue weighted by molar-refractivity contribution is 6.24. The van der Waals surface area contributed by atoms with Gasteiger partial charge in [0.05, 0.1) is 7.11 Å². The number of para-hydroxylation sites is 1. The number of amides is 1. The lowest BCUT2D eigenvalue weighted by Crippen LogP contribution is -2.23. The van der Waals surface area contributed by atoms with Gasteiger partial charge in [0, 0.05) is 17.7 Å². The molecular weight excluding hydrogens is 341 g/mol. The summed E-state index contributed by atoms with van der Waals surface area (Å²) in [5.41, 5.74) is 2.98. The van der Waals surface area contributed by atoms with Gasteiger partial charge in [0.25, 0.3) is 5.91 Å². The van der Waals surface area contributed by atoms with Crippen molar-refractivity contribution in [2.24, 2.45) is 0 Å². The second-order valence-corrected chi connectivity index (χ2v) is 5.98. The average molecular weight is 361 g/mol. The summed E-state index contributed by atoms with van der Waals surface area (Å²) in [7, 11) is 1.60. The summed E-state index contributed by atoms with van der Waals surface area (Å²) in [6.45, 7) is 0.315. The number of nitrogens with one attached hydrogen (secondary N) is 1. The van der Waals surface area contributed by atoms with Gasteiger partial charge in [0.1, 0.15) is 11.6 Å². The monoisotopic (exact) mass is 361 g/mol. The lowest BCUT2D eigenvalue weighted by molar-refractivity contribution is -0.115. The van der Waals surface area contributed by atoms with Crippen LogP contribution in [0.25, 0.3) is 11.6 Å². The van der Waals surface area contributed by atoms with Crippen LogP contribution in [-0.4, -0.2) is 13.0 Å². The zero-order valence-electron chi connectivity index (χ0n) is 15.0. The predicted molar refractivity (Wildman–Crippen MR) is 106 cm³/mol. The van der Waals surface area contributed by atoms with Crippen molar-refractivity contribution in [3.8, 4) is 5.75 Å². The number of carbonyl (C=O) groups is 1. The number of hydrogen-bond acceptors (Lipinski definition) is 2. The number of methoxy groups -OCH3 is 1. The largest absolute Gasteiger partial charge is 0.496 e. The Morgan fingerprint density at radius 2 is 1.63 bits per heavy atom. The first-order valence-corrected chi connectivity index (χ1v) is 8.60. The summed E-state index contributed by atoms with van der Waals surface area (Å²) in [6.07, 6.45) is 1.81. The highest BCUT2D eigenvalue weighted by Gasteiger charge is 2.13. The molecule has 3 aromatic rings. The molecule has 0 fully saturated rings. The van der Waals surface area contributed by atoms with E-state index in [0.717, 1.165) is 16.7 Å². The van der Waals surface area contributed by atoms with Gasteiger partial charge in [-0.2, -0.15) is 0 Å². The van der Waals surface area contributed by atoms with Gasteiger partial charge in [0.2, 0.25) is 0 Å². The second-order valence-electron chi connectivity index (χ2n) is 5.98. The molecule has 0 aliphatic heterocycles. The summed E-state index contributed by atoms with van der Waals surface area (Å²) in [5.74, 6) is 0.180. The first-order chi connectivity index (χ1) is 13.2. The van der Waals surface area contributed by atoms with Crippen molar-refractivity contribution in [1.29, 1.82) is 0 Å². The van der Waals surface area contributed by atoms with E-state index < -0.39 is 0 Å². The van der Waals surface area contributed by atoms with E-state index >= 15 is 0 Å². The predicted octanol–water partition coefficient (Wildman–Crippen LogP) is 4.69. The normalized spacial score (nSPS) is 11.1. The van der Waals surface area contributed by atoms with E-state index in [2.05, 4.69) is 5.32 Å². The van der Waals surface area contributed by atoms with Crippen LogP contribution in [0.1, 0.15) is 16.7 Å². The van der Waals surface area contributed by atoms with Crippen molar-refractivity contribution in [3.05, 3.63) is 101 Å². The molecule has 3 rings (SSSR count). The SMILES string of the molecule is COc1ccccc1C=C(C(=O)NCc1ccc(F)cc1)c1ccccc1. The van der Waals surface area contributed by atoms with Crippen LogP contribution in [-0.2, 0) is 11.3 Å². The Morgan fingerprint density at radius 3 is 2.33 bits per heavy atom. The lowest BCUT2D eigenvalue weighted by atomic mass is 10.0. The van der Waals surface area contributed by atoms with Gasteiger partial charge in [-0.3, -0.25) is 4.79 Å². The van der Waals surface area contributed by atoms with E-state index in [0.29, 0.717) is 17.9 Å². The van der Waals surface area contributed by atoms with Gasteiger partial charge in [-0.05, 0) is 35.4 Å². The quantitative estimate of drug-likeness (QED) is 0.511. The topological polar surface area (TPSA) is 38.3 Å². The maximum Gasteiger partial charge on any atom is 0.252 e. The van der Waals surface area contributed by atoms with Crippen LogP contribution in [0.2, 0.25) is 0 Å². The van der Waals surface area contributed by atoms with Crippen molar-refractivity contribution >= 4 is 17.6 Å². The number of benzene rings is 3. The number of ether oxygens (including phenoxy) is 1. The minimum atomic E-state index is -0.300. The molecule has 1 amide bonds. The molecule has 0 aliphatic rings.